The lowest BCUT2D eigenvalue weighted by molar-refractivity contribution is -0.136. The number of para-hydroxylation sites is 1. The highest BCUT2D eigenvalue weighted by molar-refractivity contribution is 7.21. The molecule has 0 aliphatic carbocycles. The van der Waals surface area contributed by atoms with Gasteiger partial charge in [0.25, 0.3) is 0 Å². The SMILES string of the molecule is O=C(COc1ccccc1)Oc1cccc(C(=O)Oc2c(C(=O)c3ccccc3)sc3ccccc23)c1. The largest absolute Gasteiger partial charge is 0.482 e. The van der Waals surface area contributed by atoms with Crippen LogP contribution in [-0.4, -0.2) is 24.3 Å². The van der Waals surface area contributed by atoms with Crippen LogP contribution >= 0.6 is 11.3 Å². The van der Waals surface area contributed by atoms with Crippen molar-refractivity contribution in [2.45, 2.75) is 0 Å². The van der Waals surface area contributed by atoms with Crippen molar-refractivity contribution >= 4 is 39.1 Å². The first-order valence-corrected chi connectivity index (χ1v) is 12.2. The molecule has 5 rings (SSSR count). The first kappa shape index (κ1) is 24.0. The second-order valence-electron chi connectivity index (χ2n) is 7.94. The van der Waals surface area contributed by atoms with E-state index in [4.69, 9.17) is 14.2 Å². The molecule has 0 fully saturated rings. The molecule has 4 aromatic carbocycles. The summed E-state index contributed by atoms with van der Waals surface area (Å²) < 4.78 is 17.3. The summed E-state index contributed by atoms with van der Waals surface area (Å²) in [5.41, 5.74) is 0.667. The van der Waals surface area contributed by atoms with E-state index in [1.54, 1.807) is 72.8 Å². The van der Waals surface area contributed by atoms with Crippen LogP contribution in [0.1, 0.15) is 25.6 Å². The van der Waals surface area contributed by atoms with Gasteiger partial charge in [-0.05, 0) is 42.5 Å². The normalized spacial score (nSPS) is 10.6. The number of rotatable bonds is 8. The van der Waals surface area contributed by atoms with Gasteiger partial charge in [0.2, 0.25) is 5.78 Å². The number of benzene rings is 4. The van der Waals surface area contributed by atoms with Gasteiger partial charge in [0, 0.05) is 15.6 Å². The third kappa shape index (κ3) is 5.58. The highest BCUT2D eigenvalue weighted by atomic mass is 32.1. The Morgan fingerprint density at radius 2 is 1.30 bits per heavy atom. The van der Waals surface area contributed by atoms with E-state index in [1.807, 2.05) is 30.3 Å². The van der Waals surface area contributed by atoms with E-state index in [0.717, 1.165) is 4.70 Å². The third-order valence-electron chi connectivity index (χ3n) is 5.39. The first-order chi connectivity index (χ1) is 18.1. The summed E-state index contributed by atoms with van der Waals surface area (Å²) in [5.74, 6) is -0.602. The predicted octanol–water partition coefficient (Wildman–Crippen LogP) is 6.34. The van der Waals surface area contributed by atoms with Crippen LogP contribution in [0.2, 0.25) is 0 Å². The number of thiophene rings is 1. The van der Waals surface area contributed by atoms with Crippen molar-refractivity contribution in [2.75, 3.05) is 6.61 Å². The minimum atomic E-state index is -0.677. The molecule has 1 heterocycles. The highest BCUT2D eigenvalue weighted by Gasteiger charge is 2.24. The van der Waals surface area contributed by atoms with E-state index in [2.05, 4.69) is 0 Å². The quantitative estimate of drug-likeness (QED) is 0.138. The molecule has 6 nitrogen and oxygen atoms in total. The fourth-order valence-electron chi connectivity index (χ4n) is 3.65. The molecule has 5 aromatic rings. The Balaban J connectivity index is 1.35. The number of hydrogen-bond donors (Lipinski definition) is 0. The van der Waals surface area contributed by atoms with Gasteiger partial charge in [0.05, 0.1) is 5.56 Å². The Hall–Kier alpha value is -4.75. The molecule has 7 heteroatoms. The molecule has 0 radical (unpaired) electrons. The molecule has 0 saturated heterocycles. The lowest BCUT2D eigenvalue weighted by Crippen LogP contribution is -2.18. The fraction of sp³-hybridized carbons (Fsp3) is 0.0333. The first-order valence-electron chi connectivity index (χ1n) is 11.4. The highest BCUT2D eigenvalue weighted by Crippen LogP contribution is 2.39. The van der Waals surface area contributed by atoms with Gasteiger partial charge in [-0.3, -0.25) is 4.79 Å². The summed E-state index contributed by atoms with van der Waals surface area (Å²) in [6.07, 6.45) is 0. The molecule has 37 heavy (non-hydrogen) atoms. The summed E-state index contributed by atoms with van der Waals surface area (Å²) >= 11 is 1.27. The summed E-state index contributed by atoms with van der Waals surface area (Å²) in [4.78, 5) is 38.9. The Morgan fingerprint density at radius 3 is 2.08 bits per heavy atom. The molecule has 0 atom stereocenters. The molecule has 0 aliphatic rings. The number of carbonyl (C=O) groups is 3. The number of ketones is 1. The third-order valence-corrected chi connectivity index (χ3v) is 6.54. The lowest BCUT2D eigenvalue weighted by atomic mass is 10.1. The van der Waals surface area contributed by atoms with Gasteiger partial charge in [-0.1, -0.05) is 66.7 Å². The van der Waals surface area contributed by atoms with E-state index < -0.39 is 11.9 Å². The Labute approximate surface area is 216 Å². The van der Waals surface area contributed by atoms with Gasteiger partial charge < -0.3 is 14.2 Å². The van der Waals surface area contributed by atoms with Gasteiger partial charge in [0.1, 0.15) is 16.4 Å². The van der Waals surface area contributed by atoms with Crippen molar-refractivity contribution < 1.29 is 28.6 Å². The van der Waals surface area contributed by atoms with Crippen LogP contribution in [0.4, 0.5) is 0 Å². The van der Waals surface area contributed by atoms with Crippen molar-refractivity contribution in [3.63, 3.8) is 0 Å². The van der Waals surface area contributed by atoms with Crippen molar-refractivity contribution in [3.05, 3.63) is 125 Å². The second-order valence-corrected chi connectivity index (χ2v) is 9.00. The average Bonchev–Trinajstić information content (AvgIpc) is 3.31. The molecule has 0 saturated carbocycles. The Morgan fingerprint density at radius 1 is 0.649 bits per heavy atom. The van der Waals surface area contributed by atoms with Crippen LogP contribution in [0, 0.1) is 0 Å². The molecule has 0 bridgehead atoms. The topological polar surface area (TPSA) is 78.9 Å². The van der Waals surface area contributed by atoms with Crippen LogP contribution in [0.15, 0.2) is 109 Å². The fourth-order valence-corrected chi connectivity index (χ4v) is 4.74. The zero-order valence-electron chi connectivity index (χ0n) is 19.5. The number of ether oxygens (including phenoxy) is 3. The van der Waals surface area contributed by atoms with Crippen LogP contribution in [0.5, 0.6) is 17.2 Å². The van der Waals surface area contributed by atoms with Crippen LogP contribution < -0.4 is 14.2 Å². The number of carbonyl (C=O) groups excluding carboxylic acids is 3. The minimum absolute atomic E-state index is 0.169. The Kier molecular flexibility index (Phi) is 7.05. The van der Waals surface area contributed by atoms with Gasteiger partial charge in [-0.2, -0.15) is 0 Å². The van der Waals surface area contributed by atoms with E-state index in [0.29, 0.717) is 21.6 Å². The van der Waals surface area contributed by atoms with Crippen LogP contribution in [-0.2, 0) is 4.79 Å². The van der Waals surface area contributed by atoms with E-state index in [9.17, 15) is 14.4 Å². The summed E-state index contributed by atoms with van der Waals surface area (Å²) in [5, 5.41) is 0.667. The molecular formula is C30H20O6S. The van der Waals surface area contributed by atoms with Gasteiger partial charge >= 0.3 is 11.9 Å². The molecule has 0 unspecified atom stereocenters. The van der Waals surface area contributed by atoms with Gasteiger partial charge in [0.15, 0.2) is 12.4 Å². The molecule has 0 aliphatic heterocycles. The van der Waals surface area contributed by atoms with Crippen molar-refractivity contribution in [1.82, 2.24) is 0 Å². The summed E-state index contributed by atoms with van der Waals surface area (Å²) in [6, 6.07) is 31.2. The Bertz CT molecular complexity index is 1570. The maximum Gasteiger partial charge on any atom is 0.349 e. The maximum absolute atomic E-state index is 13.2. The molecule has 0 N–H and O–H groups in total. The standard InChI is InChI=1S/C30H20O6S/c31-26(19-34-22-13-5-2-6-14-22)35-23-15-9-12-21(18-23)30(33)36-28-24-16-7-8-17-25(24)37-29(28)27(32)20-10-3-1-4-11-20/h1-18H,19H2. The molecule has 0 spiro atoms. The smallest absolute Gasteiger partial charge is 0.349 e. The van der Waals surface area contributed by atoms with E-state index in [1.165, 1.54) is 17.4 Å². The number of hydrogen-bond acceptors (Lipinski definition) is 7. The zero-order valence-corrected chi connectivity index (χ0v) is 20.3. The second kappa shape index (κ2) is 10.9. The minimum Gasteiger partial charge on any atom is -0.482 e. The van der Waals surface area contributed by atoms with Crippen LogP contribution in [0.3, 0.4) is 0 Å². The summed E-state index contributed by atoms with van der Waals surface area (Å²) in [6.45, 7) is -0.287. The van der Waals surface area contributed by atoms with Crippen molar-refractivity contribution in [3.8, 4) is 17.2 Å². The predicted molar refractivity (Wildman–Crippen MR) is 141 cm³/mol. The van der Waals surface area contributed by atoms with Crippen LogP contribution in [0.25, 0.3) is 10.1 Å². The molecule has 1 aromatic heterocycles. The van der Waals surface area contributed by atoms with Crippen molar-refractivity contribution in [2.24, 2.45) is 0 Å². The molecular weight excluding hydrogens is 488 g/mol. The van der Waals surface area contributed by atoms with E-state index >= 15 is 0 Å². The molecule has 182 valence electrons. The monoisotopic (exact) mass is 508 g/mol. The maximum atomic E-state index is 13.2. The van der Waals surface area contributed by atoms with E-state index in [-0.39, 0.29) is 29.5 Å². The van der Waals surface area contributed by atoms with Gasteiger partial charge in [-0.15, -0.1) is 11.3 Å². The zero-order chi connectivity index (χ0) is 25.6. The molecule has 0 amide bonds. The number of esters is 2. The lowest BCUT2D eigenvalue weighted by Gasteiger charge is -2.09. The van der Waals surface area contributed by atoms with Gasteiger partial charge in [-0.25, -0.2) is 9.59 Å². The van der Waals surface area contributed by atoms with Crippen molar-refractivity contribution in [1.29, 1.82) is 0 Å². The summed E-state index contributed by atoms with van der Waals surface area (Å²) in [7, 11) is 0. The number of fused-ring (bicyclic) bond motifs is 1. The average molecular weight is 509 g/mol.